The van der Waals surface area contributed by atoms with Gasteiger partial charge in [0.05, 0.1) is 6.04 Å². The fourth-order valence-corrected chi connectivity index (χ4v) is 2.67. The van der Waals surface area contributed by atoms with Crippen LogP contribution in [0.2, 0.25) is 0 Å². The van der Waals surface area contributed by atoms with E-state index < -0.39 is 0 Å². The summed E-state index contributed by atoms with van der Waals surface area (Å²) >= 11 is 0. The fraction of sp³-hybridized carbons (Fsp3) is 0.0909. The molecule has 0 aliphatic rings. The first-order chi connectivity index (χ1) is 12.5. The first-order valence-corrected chi connectivity index (χ1v) is 8.31. The number of nitrogens with one attached hydrogen (secondary N) is 1. The molecule has 0 fully saturated rings. The Morgan fingerprint density at radius 3 is 2.08 bits per heavy atom. The number of hydrogen-bond donors (Lipinski definition) is 1. The Labute approximate surface area is 151 Å². The minimum atomic E-state index is -0.340. The lowest BCUT2D eigenvalue weighted by Gasteiger charge is -2.14. The molecule has 0 spiro atoms. The second-order valence-corrected chi connectivity index (χ2v) is 6.02. The summed E-state index contributed by atoms with van der Waals surface area (Å²) in [6.45, 7) is 1.79. The van der Waals surface area contributed by atoms with Crippen LogP contribution < -0.4 is 5.32 Å². The normalized spacial score (nSPS) is 11.6. The fourth-order valence-electron chi connectivity index (χ4n) is 2.67. The lowest BCUT2D eigenvalue weighted by atomic mass is 10.0. The molecule has 1 amide bonds. The summed E-state index contributed by atoms with van der Waals surface area (Å²) in [5.74, 6) is -0.710. The number of halogens is 1. The topological polar surface area (TPSA) is 46.2 Å². The van der Waals surface area contributed by atoms with E-state index in [1.165, 1.54) is 12.1 Å². The van der Waals surface area contributed by atoms with Crippen molar-refractivity contribution in [1.29, 1.82) is 0 Å². The van der Waals surface area contributed by atoms with E-state index in [-0.39, 0.29) is 23.5 Å². The summed E-state index contributed by atoms with van der Waals surface area (Å²) in [7, 11) is 0. The first-order valence-electron chi connectivity index (χ1n) is 8.31. The van der Waals surface area contributed by atoms with Gasteiger partial charge in [-0.2, -0.15) is 0 Å². The van der Waals surface area contributed by atoms with Crippen LogP contribution in [0.5, 0.6) is 0 Å². The van der Waals surface area contributed by atoms with Gasteiger partial charge in [-0.25, -0.2) is 4.39 Å². The average Bonchev–Trinajstić information content (AvgIpc) is 2.68. The third-order valence-electron chi connectivity index (χ3n) is 4.14. The zero-order valence-electron chi connectivity index (χ0n) is 14.3. The van der Waals surface area contributed by atoms with Crippen molar-refractivity contribution in [3.8, 4) is 0 Å². The van der Waals surface area contributed by atoms with Gasteiger partial charge in [-0.1, -0.05) is 54.6 Å². The Hall–Kier alpha value is -3.27. The standard InChI is InChI=1S/C22H18FNO2/c1-15(19-8-5-9-20(23)14-19)24-22(26)18-12-10-17(11-13-18)21(25)16-6-3-2-4-7-16/h2-15H,1H3,(H,24,26)/t15-/m0/s1. The largest absolute Gasteiger partial charge is 0.346 e. The van der Waals surface area contributed by atoms with Crippen molar-refractivity contribution in [3.63, 3.8) is 0 Å². The smallest absolute Gasteiger partial charge is 0.251 e. The van der Waals surface area contributed by atoms with Gasteiger partial charge in [-0.3, -0.25) is 9.59 Å². The van der Waals surface area contributed by atoms with Crippen molar-refractivity contribution in [2.75, 3.05) is 0 Å². The molecule has 3 aromatic carbocycles. The maximum absolute atomic E-state index is 13.3. The van der Waals surface area contributed by atoms with Gasteiger partial charge in [0.25, 0.3) is 5.91 Å². The number of carbonyl (C=O) groups excluding carboxylic acids is 2. The molecule has 0 aromatic heterocycles. The van der Waals surface area contributed by atoms with Crippen LogP contribution in [0, 0.1) is 5.82 Å². The molecule has 0 saturated carbocycles. The van der Waals surface area contributed by atoms with Gasteiger partial charge in [-0.05, 0) is 36.8 Å². The van der Waals surface area contributed by atoms with Crippen molar-refractivity contribution in [1.82, 2.24) is 5.32 Å². The zero-order valence-corrected chi connectivity index (χ0v) is 14.3. The zero-order chi connectivity index (χ0) is 18.5. The van der Waals surface area contributed by atoms with Gasteiger partial charge < -0.3 is 5.32 Å². The lowest BCUT2D eigenvalue weighted by molar-refractivity contribution is 0.0938. The second kappa shape index (κ2) is 7.74. The number of benzene rings is 3. The van der Waals surface area contributed by atoms with E-state index in [1.54, 1.807) is 55.5 Å². The van der Waals surface area contributed by atoms with E-state index in [9.17, 15) is 14.0 Å². The molecule has 3 nitrogen and oxygen atoms in total. The van der Waals surface area contributed by atoms with Crippen LogP contribution in [0.25, 0.3) is 0 Å². The molecule has 3 rings (SSSR count). The summed E-state index contributed by atoms with van der Waals surface area (Å²) in [5, 5.41) is 2.83. The van der Waals surface area contributed by atoms with Crippen molar-refractivity contribution >= 4 is 11.7 Å². The number of carbonyl (C=O) groups is 2. The Morgan fingerprint density at radius 1 is 0.808 bits per heavy atom. The predicted molar refractivity (Wildman–Crippen MR) is 98.6 cm³/mol. The van der Waals surface area contributed by atoms with E-state index in [0.29, 0.717) is 22.3 Å². The van der Waals surface area contributed by atoms with E-state index in [4.69, 9.17) is 0 Å². The van der Waals surface area contributed by atoms with Crippen molar-refractivity contribution in [2.45, 2.75) is 13.0 Å². The highest BCUT2D eigenvalue weighted by Crippen LogP contribution is 2.15. The van der Waals surface area contributed by atoms with Gasteiger partial charge in [0, 0.05) is 16.7 Å². The molecule has 0 heterocycles. The van der Waals surface area contributed by atoms with Gasteiger partial charge in [0.2, 0.25) is 0 Å². The van der Waals surface area contributed by atoms with Crippen LogP contribution in [-0.4, -0.2) is 11.7 Å². The highest BCUT2D eigenvalue weighted by molar-refractivity contribution is 6.09. The Kier molecular flexibility index (Phi) is 5.23. The molecule has 0 saturated heterocycles. The van der Waals surface area contributed by atoms with Crippen LogP contribution in [0.3, 0.4) is 0 Å². The molecular formula is C22H18FNO2. The summed E-state index contributed by atoms with van der Waals surface area (Å²) in [6, 6.07) is 21.3. The van der Waals surface area contributed by atoms with Crippen LogP contribution in [-0.2, 0) is 0 Å². The summed E-state index contributed by atoms with van der Waals surface area (Å²) in [4.78, 5) is 24.8. The molecule has 0 aliphatic carbocycles. The van der Waals surface area contributed by atoms with E-state index >= 15 is 0 Å². The third-order valence-corrected chi connectivity index (χ3v) is 4.14. The minimum Gasteiger partial charge on any atom is -0.346 e. The third kappa shape index (κ3) is 4.03. The molecule has 0 unspecified atom stereocenters. The number of amides is 1. The molecule has 4 heteroatoms. The molecule has 1 atom stereocenters. The van der Waals surface area contributed by atoms with Crippen LogP contribution in [0.4, 0.5) is 4.39 Å². The van der Waals surface area contributed by atoms with Crippen molar-refractivity contribution in [3.05, 3.63) is 107 Å². The number of ketones is 1. The molecule has 0 bridgehead atoms. The molecule has 130 valence electrons. The van der Waals surface area contributed by atoms with E-state index in [2.05, 4.69) is 5.32 Å². The van der Waals surface area contributed by atoms with Crippen LogP contribution in [0.1, 0.15) is 44.8 Å². The van der Waals surface area contributed by atoms with Crippen LogP contribution >= 0.6 is 0 Å². The molecule has 0 aliphatic heterocycles. The summed E-state index contributed by atoms with van der Waals surface area (Å²) < 4.78 is 13.3. The molecule has 1 N–H and O–H groups in total. The van der Waals surface area contributed by atoms with Gasteiger partial charge in [-0.15, -0.1) is 0 Å². The molecular weight excluding hydrogens is 329 g/mol. The summed E-state index contributed by atoms with van der Waals surface area (Å²) in [5.41, 5.74) is 2.25. The SMILES string of the molecule is C[C@H](NC(=O)c1ccc(C(=O)c2ccccc2)cc1)c1cccc(F)c1. The Morgan fingerprint density at radius 2 is 1.42 bits per heavy atom. The summed E-state index contributed by atoms with van der Waals surface area (Å²) in [6.07, 6.45) is 0. The lowest BCUT2D eigenvalue weighted by Crippen LogP contribution is -2.26. The highest BCUT2D eigenvalue weighted by Gasteiger charge is 2.13. The van der Waals surface area contributed by atoms with Gasteiger partial charge in [0.15, 0.2) is 5.78 Å². The van der Waals surface area contributed by atoms with Gasteiger partial charge in [0.1, 0.15) is 5.82 Å². The Bertz CT molecular complexity index is 920. The average molecular weight is 347 g/mol. The maximum atomic E-state index is 13.3. The molecule has 3 aromatic rings. The predicted octanol–water partition coefficient (Wildman–Crippen LogP) is 4.55. The molecule has 0 radical (unpaired) electrons. The minimum absolute atomic E-state index is 0.0920. The van der Waals surface area contributed by atoms with E-state index in [1.807, 2.05) is 18.2 Å². The van der Waals surface area contributed by atoms with Crippen molar-refractivity contribution in [2.24, 2.45) is 0 Å². The number of hydrogen-bond acceptors (Lipinski definition) is 2. The molecule has 26 heavy (non-hydrogen) atoms. The van der Waals surface area contributed by atoms with Gasteiger partial charge >= 0.3 is 0 Å². The first kappa shape index (κ1) is 17.5. The monoisotopic (exact) mass is 347 g/mol. The number of rotatable bonds is 5. The Balaban J connectivity index is 1.70. The second-order valence-electron chi connectivity index (χ2n) is 6.02. The quantitative estimate of drug-likeness (QED) is 0.688. The van der Waals surface area contributed by atoms with E-state index in [0.717, 1.165) is 0 Å². The maximum Gasteiger partial charge on any atom is 0.251 e. The highest BCUT2D eigenvalue weighted by atomic mass is 19.1. The van der Waals surface area contributed by atoms with Crippen LogP contribution in [0.15, 0.2) is 78.9 Å². The van der Waals surface area contributed by atoms with Crippen molar-refractivity contribution < 1.29 is 14.0 Å².